The Morgan fingerprint density at radius 2 is 1.74 bits per heavy atom. The van der Waals surface area contributed by atoms with E-state index in [-0.39, 0.29) is 11.8 Å². The number of hydrogen-bond acceptors (Lipinski definition) is 3. The first-order valence-electron chi connectivity index (χ1n) is 9.47. The van der Waals surface area contributed by atoms with E-state index in [0.29, 0.717) is 18.7 Å². The number of benzene rings is 2. The molecule has 0 unspecified atom stereocenters. The van der Waals surface area contributed by atoms with Crippen LogP contribution in [0.15, 0.2) is 36.4 Å². The summed E-state index contributed by atoms with van der Waals surface area (Å²) in [4.78, 5) is 28.8. The third kappa shape index (κ3) is 3.18. The summed E-state index contributed by atoms with van der Waals surface area (Å²) in [6, 6.07) is 11.9. The van der Waals surface area contributed by atoms with Gasteiger partial charge in [0.2, 0.25) is 5.91 Å². The highest BCUT2D eigenvalue weighted by atomic mass is 16.2. The van der Waals surface area contributed by atoms with Gasteiger partial charge in [0.1, 0.15) is 6.04 Å². The summed E-state index contributed by atoms with van der Waals surface area (Å²) in [5.41, 5.74) is 7.03. The van der Waals surface area contributed by atoms with Crippen molar-refractivity contribution in [1.29, 1.82) is 0 Å². The van der Waals surface area contributed by atoms with Crippen molar-refractivity contribution in [2.24, 2.45) is 0 Å². The Labute approximate surface area is 160 Å². The van der Waals surface area contributed by atoms with E-state index in [9.17, 15) is 9.59 Å². The number of rotatable bonds is 2. The Bertz CT molecular complexity index is 891. The maximum Gasteiger partial charge on any atom is 0.254 e. The van der Waals surface area contributed by atoms with Crippen LogP contribution >= 0.6 is 0 Å². The first kappa shape index (κ1) is 17.6. The zero-order chi connectivity index (χ0) is 19.1. The van der Waals surface area contributed by atoms with E-state index in [1.807, 2.05) is 18.2 Å². The Kier molecular flexibility index (Phi) is 4.38. The molecule has 0 bridgehead atoms. The third-order valence-corrected chi connectivity index (χ3v) is 5.76. The van der Waals surface area contributed by atoms with Gasteiger partial charge >= 0.3 is 0 Å². The number of aryl methyl sites for hydroxylation is 2. The lowest BCUT2D eigenvalue weighted by Gasteiger charge is -2.33. The van der Waals surface area contributed by atoms with Crippen molar-refractivity contribution in [3.63, 3.8) is 0 Å². The van der Waals surface area contributed by atoms with Crippen LogP contribution in [-0.4, -0.2) is 35.8 Å². The molecule has 1 fully saturated rings. The SMILES string of the molecule is Cc1cc2c(cc1C)CN(c1cccc(C(=O)N3CCNC(=O)[C@@H]3C)c1)C2. The number of carbonyl (C=O) groups excluding carboxylic acids is 2. The number of carbonyl (C=O) groups is 2. The second-order valence-corrected chi connectivity index (χ2v) is 7.58. The topological polar surface area (TPSA) is 52.7 Å². The van der Waals surface area contributed by atoms with Gasteiger partial charge in [0, 0.05) is 37.4 Å². The summed E-state index contributed by atoms with van der Waals surface area (Å²) in [6.45, 7) is 8.84. The van der Waals surface area contributed by atoms with Crippen molar-refractivity contribution in [1.82, 2.24) is 10.2 Å². The van der Waals surface area contributed by atoms with Crippen molar-refractivity contribution in [3.05, 3.63) is 64.2 Å². The normalized spacial score (nSPS) is 19.1. The minimum Gasteiger partial charge on any atom is -0.363 e. The lowest BCUT2D eigenvalue weighted by Crippen LogP contribution is -2.55. The first-order chi connectivity index (χ1) is 12.9. The first-order valence-corrected chi connectivity index (χ1v) is 9.47. The Morgan fingerprint density at radius 3 is 2.41 bits per heavy atom. The van der Waals surface area contributed by atoms with Gasteiger partial charge in [-0.1, -0.05) is 18.2 Å². The van der Waals surface area contributed by atoms with Gasteiger partial charge in [-0.3, -0.25) is 9.59 Å². The molecule has 2 aromatic rings. The fourth-order valence-corrected chi connectivity index (χ4v) is 3.94. The Hall–Kier alpha value is -2.82. The van der Waals surface area contributed by atoms with E-state index in [1.54, 1.807) is 11.8 Å². The summed E-state index contributed by atoms with van der Waals surface area (Å²) in [5.74, 6) is -0.172. The standard InChI is InChI=1S/C22H25N3O2/c1-14-9-18-12-24(13-19(18)10-15(14)2)20-6-4-5-17(11-20)22(27)25-8-7-23-21(26)16(25)3/h4-6,9-11,16H,7-8,12-13H2,1-3H3,(H,23,26)/t16-/m0/s1. The highest BCUT2D eigenvalue weighted by molar-refractivity contribution is 5.98. The molecule has 2 aromatic carbocycles. The summed E-state index contributed by atoms with van der Waals surface area (Å²) < 4.78 is 0. The maximum atomic E-state index is 13.0. The molecule has 2 amide bonds. The summed E-state index contributed by atoms with van der Waals surface area (Å²) in [5, 5.41) is 2.80. The number of anilines is 1. The van der Waals surface area contributed by atoms with Crippen LogP contribution in [0.5, 0.6) is 0 Å². The Balaban J connectivity index is 1.57. The van der Waals surface area contributed by atoms with E-state index in [0.717, 1.165) is 18.8 Å². The molecule has 0 aliphatic carbocycles. The fraction of sp³-hybridized carbons (Fsp3) is 0.364. The molecule has 0 saturated carbocycles. The van der Waals surface area contributed by atoms with Crippen molar-refractivity contribution in [3.8, 4) is 0 Å². The average molecular weight is 363 g/mol. The predicted molar refractivity (Wildman–Crippen MR) is 106 cm³/mol. The zero-order valence-electron chi connectivity index (χ0n) is 16.1. The van der Waals surface area contributed by atoms with E-state index < -0.39 is 6.04 Å². The van der Waals surface area contributed by atoms with E-state index in [1.165, 1.54) is 22.3 Å². The molecule has 27 heavy (non-hydrogen) atoms. The molecule has 5 nitrogen and oxygen atoms in total. The molecule has 2 aliphatic rings. The zero-order valence-corrected chi connectivity index (χ0v) is 16.1. The second-order valence-electron chi connectivity index (χ2n) is 7.58. The number of amides is 2. The van der Waals surface area contributed by atoms with Crippen LogP contribution in [0.4, 0.5) is 5.69 Å². The van der Waals surface area contributed by atoms with Gasteiger partial charge < -0.3 is 15.1 Å². The van der Waals surface area contributed by atoms with Gasteiger partial charge in [0.15, 0.2) is 0 Å². The molecular formula is C22H25N3O2. The van der Waals surface area contributed by atoms with Crippen molar-refractivity contribution in [2.45, 2.75) is 39.9 Å². The molecule has 5 heteroatoms. The van der Waals surface area contributed by atoms with Gasteiger partial charge in [-0.05, 0) is 61.2 Å². The monoisotopic (exact) mass is 363 g/mol. The number of fused-ring (bicyclic) bond motifs is 1. The number of piperazine rings is 1. The maximum absolute atomic E-state index is 13.0. The molecule has 0 radical (unpaired) electrons. The predicted octanol–water partition coefficient (Wildman–Crippen LogP) is 2.78. The molecule has 0 spiro atoms. The molecule has 0 aromatic heterocycles. The largest absolute Gasteiger partial charge is 0.363 e. The van der Waals surface area contributed by atoms with E-state index >= 15 is 0 Å². The smallest absolute Gasteiger partial charge is 0.254 e. The minimum absolute atomic E-state index is 0.0809. The van der Waals surface area contributed by atoms with Crippen molar-refractivity contribution in [2.75, 3.05) is 18.0 Å². The number of nitrogens with one attached hydrogen (secondary N) is 1. The molecule has 4 rings (SSSR count). The lowest BCUT2D eigenvalue weighted by molar-refractivity contribution is -0.127. The van der Waals surface area contributed by atoms with Crippen molar-refractivity contribution >= 4 is 17.5 Å². The summed E-state index contributed by atoms with van der Waals surface area (Å²) in [7, 11) is 0. The van der Waals surface area contributed by atoms with Gasteiger partial charge in [-0.15, -0.1) is 0 Å². The van der Waals surface area contributed by atoms with Crippen LogP contribution in [0.25, 0.3) is 0 Å². The van der Waals surface area contributed by atoms with Crippen LogP contribution < -0.4 is 10.2 Å². The van der Waals surface area contributed by atoms with Gasteiger partial charge in [0.25, 0.3) is 5.91 Å². The second kappa shape index (κ2) is 6.72. The number of hydrogen-bond donors (Lipinski definition) is 1. The van der Waals surface area contributed by atoms with Crippen LogP contribution in [0.2, 0.25) is 0 Å². The Morgan fingerprint density at radius 1 is 1.07 bits per heavy atom. The van der Waals surface area contributed by atoms with Crippen molar-refractivity contribution < 1.29 is 9.59 Å². The lowest BCUT2D eigenvalue weighted by atomic mass is 10.0. The molecular weight excluding hydrogens is 338 g/mol. The molecule has 1 N–H and O–H groups in total. The molecule has 1 saturated heterocycles. The molecule has 2 aliphatic heterocycles. The van der Waals surface area contributed by atoms with Gasteiger partial charge in [-0.25, -0.2) is 0 Å². The average Bonchev–Trinajstić information content (AvgIpc) is 3.07. The minimum atomic E-state index is -0.433. The summed E-state index contributed by atoms with van der Waals surface area (Å²) in [6.07, 6.45) is 0. The van der Waals surface area contributed by atoms with Crippen LogP contribution in [-0.2, 0) is 17.9 Å². The number of nitrogens with zero attached hydrogens (tertiary/aromatic N) is 2. The van der Waals surface area contributed by atoms with Gasteiger partial charge in [-0.2, -0.15) is 0 Å². The van der Waals surface area contributed by atoms with Crippen LogP contribution in [0, 0.1) is 13.8 Å². The van der Waals surface area contributed by atoms with Crippen LogP contribution in [0.1, 0.15) is 39.5 Å². The van der Waals surface area contributed by atoms with E-state index in [4.69, 9.17) is 0 Å². The highest BCUT2D eigenvalue weighted by Crippen LogP contribution is 2.30. The molecule has 2 heterocycles. The van der Waals surface area contributed by atoms with E-state index in [2.05, 4.69) is 42.3 Å². The quantitative estimate of drug-likeness (QED) is 0.893. The molecule has 140 valence electrons. The third-order valence-electron chi connectivity index (χ3n) is 5.76. The van der Waals surface area contributed by atoms with Gasteiger partial charge in [0.05, 0.1) is 0 Å². The highest BCUT2D eigenvalue weighted by Gasteiger charge is 2.30. The molecule has 1 atom stereocenters. The van der Waals surface area contributed by atoms with Crippen LogP contribution in [0.3, 0.4) is 0 Å². The fourth-order valence-electron chi connectivity index (χ4n) is 3.94. The summed E-state index contributed by atoms with van der Waals surface area (Å²) >= 11 is 0.